The minimum absolute atomic E-state index is 0.0410. The van der Waals surface area contributed by atoms with Crippen molar-refractivity contribution in [1.29, 1.82) is 0 Å². The van der Waals surface area contributed by atoms with Gasteiger partial charge in [-0.2, -0.15) is 0 Å². The fourth-order valence-corrected chi connectivity index (χ4v) is 3.17. The molecule has 1 heterocycles. The molecule has 1 amide bonds. The standard InChI is InChI=1S/C15H20N4O3S2/c1-9(2)13(16)14(20)18-15-17-12(8-23-15)10-4-6-11(7-5-10)19-24(3,21)22/h4-9,13,19H,16H2,1-3H3,(H,17,18,20)/t13-/m0/s1. The van der Waals surface area contributed by atoms with Gasteiger partial charge < -0.3 is 11.1 Å². The van der Waals surface area contributed by atoms with Crippen molar-refractivity contribution in [3.63, 3.8) is 0 Å². The van der Waals surface area contributed by atoms with Gasteiger partial charge in [0.1, 0.15) is 0 Å². The number of sulfonamides is 1. The van der Waals surface area contributed by atoms with Gasteiger partial charge in [0, 0.05) is 16.6 Å². The largest absolute Gasteiger partial charge is 0.320 e. The van der Waals surface area contributed by atoms with E-state index in [1.54, 1.807) is 24.3 Å². The van der Waals surface area contributed by atoms with Gasteiger partial charge in [-0.25, -0.2) is 13.4 Å². The van der Waals surface area contributed by atoms with Crippen LogP contribution in [0, 0.1) is 5.92 Å². The number of nitrogens with two attached hydrogens (primary N) is 1. The summed E-state index contributed by atoms with van der Waals surface area (Å²) >= 11 is 1.31. The summed E-state index contributed by atoms with van der Waals surface area (Å²) < 4.78 is 24.8. The van der Waals surface area contributed by atoms with Crippen molar-refractivity contribution in [3.8, 4) is 11.3 Å². The molecular weight excluding hydrogens is 348 g/mol. The molecule has 0 fully saturated rings. The van der Waals surface area contributed by atoms with Crippen molar-refractivity contribution < 1.29 is 13.2 Å². The second-order valence-corrected chi connectivity index (χ2v) is 8.36. The van der Waals surface area contributed by atoms with E-state index in [0.29, 0.717) is 16.5 Å². The van der Waals surface area contributed by atoms with E-state index in [1.165, 1.54) is 11.3 Å². The zero-order chi connectivity index (χ0) is 17.9. The van der Waals surface area contributed by atoms with Crippen LogP contribution in [0.2, 0.25) is 0 Å². The molecule has 2 aromatic rings. The van der Waals surface area contributed by atoms with Crippen LogP contribution < -0.4 is 15.8 Å². The Labute approximate surface area is 145 Å². The molecule has 130 valence electrons. The summed E-state index contributed by atoms with van der Waals surface area (Å²) in [5.74, 6) is -0.224. The Morgan fingerprint density at radius 2 is 1.88 bits per heavy atom. The molecule has 1 aromatic heterocycles. The Hall–Kier alpha value is -1.97. The van der Waals surface area contributed by atoms with Gasteiger partial charge in [0.05, 0.1) is 18.0 Å². The predicted octanol–water partition coefficient (Wildman–Crippen LogP) is 2.10. The smallest absolute Gasteiger partial charge is 0.243 e. The molecule has 0 aliphatic heterocycles. The number of hydrogen-bond donors (Lipinski definition) is 3. The van der Waals surface area contributed by atoms with Crippen LogP contribution in [0.25, 0.3) is 11.3 Å². The first-order valence-electron chi connectivity index (χ1n) is 7.26. The van der Waals surface area contributed by atoms with Gasteiger partial charge >= 0.3 is 0 Å². The topological polar surface area (TPSA) is 114 Å². The molecule has 7 nitrogen and oxygen atoms in total. The molecule has 4 N–H and O–H groups in total. The molecule has 0 saturated carbocycles. The van der Waals surface area contributed by atoms with Crippen molar-refractivity contribution in [3.05, 3.63) is 29.6 Å². The third kappa shape index (κ3) is 5.02. The highest BCUT2D eigenvalue weighted by molar-refractivity contribution is 7.92. The summed E-state index contributed by atoms with van der Waals surface area (Å²) in [6.07, 6.45) is 1.10. The van der Waals surface area contributed by atoms with Crippen LogP contribution in [0.4, 0.5) is 10.8 Å². The third-order valence-electron chi connectivity index (χ3n) is 3.24. The summed E-state index contributed by atoms with van der Waals surface area (Å²) in [5.41, 5.74) is 7.79. The number of carbonyl (C=O) groups is 1. The number of carbonyl (C=O) groups excluding carboxylic acids is 1. The quantitative estimate of drug-likeness (QED) is 0.722. The van der Waals surface area contributed by atoms with Gasteiger partial charge in [0.25, 0.3) is 0 Å². The number of benzene rings is 1. The SMILES string of the molecule is CC(C)[C@H](N)C(=O)Nc1nc(-c2ccc(NS(C)(=O)=O)cc2)cs1. The van der Waals surface area contributed by atoms with E-state index in [1.807, 2.05) is 19.2 Å². The van der Waals surface area contributed by atoms with Crippen molar-refractivity contribution in [2.45, 2.75) is 19.9 Å². The summed E-state index contributed by atoms with van der Waals surface area (Å²) in [7, 11) is -3.30. The number of aromatic nitrogens is 1. The summed E-state index contributed by atoms with van der Waals surface area (Å²) in [5, 5.41) is 5.00. The highest BCUT2D eigenvalue weighted by Crippen LogP contribution is 2.26. The van der Waals surface area contributed by atoms with Gasteiger partial charge in [-0.3, -0.25) is 9.52 Å². The van der Waals surface area contributed by atoms with Crippen molar-refractivity contribution in [2.24, 2.45) is 11.7 Å². The molecule has 0 aliphatic rings. The Balaban J connectivity index is 2.09. The van der Waals surface area contributed by atoms with E-state index < -0.39 is 16.1 Å². The van der Waals surface area contributed by atoms with Crippen LogP contribution in [0.15, 0.2) is 29.6 Å². The first kappa shape index (κ1) is 18.4. The Morgan fingerprint density at radius 3 is 2.42 bits per heavy atom. The third-order valence-corrected chi connectivity index (χ3v) is 4.60. The van der Waals surface area contributed by atoms with E-state index in [0.717, 1.165) is 11.8 Å². The molecule has 0 radical (unpaired) electrons. The zero-order valence-electron chi connectivity index (χ0n) is 13.6. The molecule has 0 spiro atoms. The van der Waals surface area contributed by atoms with Crippen LogP contribution in [-0.2, 0) is 14.8 Å². The molecule has 1 aromatic carbocycles. The number of amides is 1. The van der Waals surface area contributed by atoms with Crippen molar-refractivity contribution in [2.75, 3.05) is 16.3 Å². The first-order valence-corrected chi connectivity index (χ1v) is 10.0. The molecule has 2 rings (SSSR count). The lowest BCUT2D eigenvalue weighted by atomic mass is 10.1. The second kappa shape index (κ2) is 7.29. The lowest BCUT2D eigenvalue weighted by Crippen LogP contribution is -2.39. The lowest BCUT2D eigenvalue weighted by molar-refractivity contribution is -0.118. The Bertz CT molecular complexity index is 813. The fourth-order valence-electron chi connectivity index (χ4n) is 1.88. The van der Waals surface area contributed by atoms with Gasteiger partial charge in [-0.15, -0.1) is 11.3 Å². The van der Waals surface area contributed by atoms with E-state index in [2.05, 4.69) is 15.0 Å². The van der Waals surface area contributed by atoms with Crippen LogP contribution in [0.5, 0.6) is 0 Å². The molecule has 0 bridgehead atoms. The van der Waals surface area contributed by atoms with Crippen LogP contribution in [0.1, 0.15) is 13.8 Å². The lowest BCUT2D eigenvalue weighted by Gasteiger charge is -2.13. The maximum Gasteiger partial charge on any atom is 0.243 e. The highest BCUT2D eigenvalue weighted by Gasteiger charge is 2.18. The van der Waals surface area contributed by atoms with E-state index >= 15 is 0 Å². The van der Waals surface area contributed by atoms with Gasteiger partial charge in [0.2, 0.25) is 15.9 Å². The maximum absolute atomic E-state index is 11.9. The average Bonchev–Trinajstić information content (AvgIpc) is 2.93. The van der Waals surface area contributed by atoms with Gasteiger partial charge in [-0.1, -0.05) is 26.0 Å². The predicted molar refractivity (Wildman–Crippen MR) is 97.5 cm³/mol. The fraction of sp³-hybridized carbons (Fsp3) is 0.333. The molecule has 0 unspecified atom stereocenters. The summed E-state index contributed by atoms with van der Waals surface area (Å²) in [4.78, 5) is 16.3. The monoisotopic (exact) mass is 368 g/mol. The minimum atomic E-state index is -3.30. The normalized spacial score (nSPS) is 12.9. The van der Waals surface area contributed by atoms with Crippen LogP contribution in [-0.4, -0.2) is 31.6 Å². The molecule has 0 saturated heterocycles. The number of nitrogens with one attached hydrogen (secondary N) is 2. The van der Waals surface area contributed by atoms with E-state index in [9.17, 15) is 13.2 Å². The number of hydrogen-bond acceptors (Lipinski definition) is 6. The zero-order valence-corrected chi connectivity index (χ0v) is 15.2. The van der Waals surface area contributed by atoms with Crippen molar-refractivity contribution in [1.82, 2.24) is 4.98 Å². The van der Waals surface area contributed by atoms with Crippen LogP contribution in [0.3, 0.4) is 0 Å². The van der Waals surface area contributed by atoms with E-state index in [-0.39, 0.29) is 11.8 Å². The molecular formula is C15H20N4O3S2. The summed E-state index contributed by atoms with van der Waals surface area (Å²) in [6, 6.07) is 6.24. The molecule has 1 atom stereocenters. The number of anilines is 2. The number of nitrogens with zero attached hydrogens (tertiary/aromatic N) is 1. The van der Waals surface area contributed by atoms with E-state index in [4.69, 9.17) is 5.73 Å². The summed E-state index contributed by atoms with van der Waals surface area (Å²) in [6.45, 7) is 3.76. The number of thiazole rings is 1. The van der Waals surface area contributed by atoms with Gasteiger partial charge in [-0.05, 0) is 18.1 Å². The Kier molecular flexibility index (Phi) is 5.58. The van der Waals surface area contributed by atoms with Crippen LogP contribution >= 0.6 is 11.3 Å². The van der Waals surface area contributed by atoms with Gasteiger partial charge in [0.15, 0.2) is 5.13 Å². The second-order valence-electron chi connectivity index (χ2n) is 5.75. The molecule has 9 heteroatoms. The molecule has 24 heavy (non-hydrogen) atoms. The maximum atomic E-state index is 11.9. The average molecular weight is 368 g/mol. The highest BCUT2D eigenvalue weighted by atomic mass is 32.2. The minimum Gasteiger partial charge on any atom is -0.320 e. The number of rotatable bonds is 6. The first-order chi connectivity index (χ1) is 11.2. The van der Waals surface area contributed by atoms with Crippen molar-refractivity contribution >= 4 is 38.1 Å². The Morgan fingerprint density at radius 1 is 1.25 bits per heavy atom. The molecule has 0 aliphatic carbocycles.